The van der Waals surface area contributed by atoms with Gasteiger partial charge in [-0.25, -0.2) is 4.98 Å². The van der Waals surface area contributed by atoms with E-state index in [9.17, 15) is 5.11 Å². The highest BCUT2D eigenvalue weighted by molar-refractivity contribution is 5.47. The van der Waals surface area contributed by atoms with Crippen LogP contribution in [0.1, 0.15) is 23.7 Å². The lowest BCUT2D eigenvalue weighted by Gasteiger charge is -2.12. The van der Waals surface area contributed by atoms with Crippen LogP contribution in [0.4, 0.5) is 0 Å². The van der Waals surface area contributed by atoms with Crippen molar-refractivity contribution < 1.29 is 14.6 Å². The van der Waals surface area contributed by atoms with E-state index in [2.05, 4.69) is 4.98 Å². The first-order chi connectivity index (χ1) is 9.29. The second kappa shape index (κ2) is 4.90. The Balaban J connectivity index is 1.96. The van der Waals surface area contributed by atoms with Gasteiger partial charge in [-0.1, -0.05) is 12.1 Å². The minimum atomic E-state index is -0.380. The summed E-state index contributed by atoms with van der Waals surface area (Å²) in [5.41, 5.74) is 2.03. The Morgan fingerprint density at radius 3 is 2.89 bits per heavy atom. The molecule has 1 heterocycles. The SMILES string of the molecule is COc1ncccc1Oc1cccc2c1CCC2O. The first-order valence-corrected chi connectivity index (χ1v) is 6.26. The number of benzene rings is 1. The van der Waals surface area contributed by atoms with Crippen LogP contribution in [-0.4, -0.2) is 17.2 Å². The molecule has 0 saturated carbocycles. The molecule has 1 aromatic carbocycles. The zero-order valence-corrected chi connectivity index (χ0v) is 10.7. The summed E-state index contributed by atoms with van der Waals surface area (Å²) in [6, 6.07) is 9.36. The molecule has 0 saturated heterocycles. The average Bonchev–Trinajstić information content (AvgIpc) is 2.82. The van der Waals surface area contributed by atoms with Gasteiger partial charge in [-0.3, -0.25) is 0 Å². The summed E-state index contributed by atoms with van der Waals surface area (Å²) < 4.78 is 11.1. The predicted molar refractivity (Wildman–Crippen MR) is 70.6 cm³/mol. The van der Waals surface area contributed by atoms with Gasteiger partial charge in [0.05, 0.1) is 13.2 Å². The summed E-state index contributed by atoms with van der Waals surface area (Å²) in [5, 5.41) is 9.88. The minimum absolute atomic E-state index is 0.380. The van der Waals surface area contributed by atoms with Gasteiger partial charge in [-0.15, -0.1) is 0 Å². The molecule has 1 N–H and O–H groups in total. The van der Waals surface area contributed by atoms with Crippen molar-refractivity contribution in [1.29, 1.82) is 0 Å². The molecule has 4 nitrogen and oxygen atoms in total. The van der Waals surface area contributed by atoms with Crippen molar-refractivity contribution in [2.24, 2.45) is 0 Å². The van der Waals surface area contributed by atoms with E-state index in [1.54, 1.807) is 19.4 Å². The van der Waals surface area contributed by atoms with Gasteiger partial charge in [0, 0.05) is 11.8 Å². The second-order valence-electron chi connectivity index (χ2n) is 4.49. The maximum absolute atomic E-state index is 9.88. The number of fused-ring (bicyclic) bond motifs is 1. The van der Waals surface area contributed by atoms with Gasteiger partial charge in [0.25, 0.3) is 5.88 Å². The predicted octanol–water partition coefficient (Wildman–Crippen LogP) is 2.86. The number of methoxy groups -OCH3 is 1. The van der Waals surface area contributed by atoms with E-state index in [-0.39, 0.29) is 6.10 Å². The van der Waals surface area contributed by atoms with Gasteiger partial charge in [-0.05, 0) is 36.6 Å². The van der Waals surface area contributed by atoms with E-state index >= 15 is 0 Å². The number of aliphatic hydroxyl groups excluding tert-OH is 1. The van der Waals surface area contributed by atoms with Crippen LogP contribution in [0.15, 0.2) is 36.5 Å². The van der Waals surface area contributed by atoms with Crippen molar-refractivity contribution in [2.45, 2.75) is 18.9 Å². The summed E-state index contributed by atoms with van der Waals surface area (Å²) in [6.07, 6.45) is 2.86. The van der Waals surface area contributed by atoms with Crippen molar-refractivity contribution in [2.75, 3.05) is 7.11 Å². The Morgan fingerprint density at radius 1 is 1.21 bits per heavy atom. The highest BCUT2D eigenvalue weighted by Gasteiger charge is 2.23. The third kappa shape index (κ3) is 2.15. The number of nitrogens with zero attached hydrogens (tertiary/aromatic N) is 1. The van der Waals surface area contributed by atoms with Crippen LogP contribution in [0.25, 0.3) is 0 Å². The number of rotatable bonds is 3. The van der Waals surface area contributed by atoms with Crippen LogP contribution < -0.4 is 9.47 Å². The monoisotopic (exact) mass is 257 g/mol. The Hall–Kier alpha value is -2.07. The maximum atomic E-state index is 9.88. The molecule has 98 valence electrons. The van der Waals surface area contributed by atoms with E-state index in [0.717, 1.165) is 29.7 Å². The van der Waals surface area contributed by atoms with Crippen molar-refractivity contribution >= 4 is 0 Å². The molecule has 2 aromatic rings. The topological polar surface area (TPSA) is 51.6 Å². The largest absolute Gasteiger partial charge is 0.478 e. The maximum Gasteiger partial charge on any atom is 0.257 e. The average molecular weight is 257 g/mol. The van der Waals surface area contributed by atoms with Crippen LogP contribution in [0.2, 0.25) is 0 Å². The number of aromatic nitrogens is 1. The van der Waals surface area contributed by atoms with Crippen molar-refractivity contribution in [1.82, 2.24) is 4.98 Å². The van der Waals surface area contributed by atoms with E-state index in [0.29, 0.717) is 11.6 Å². The zero-order chi connectivity index (χ0) is 13.2. The third-order valence-electron chi connectivity index (χ3n) is 3.35. The molecule has 3 rings (SSSR count). The lowest BCUT2D eigenvalue weighted by Crippen LogP contribution is -1.95. The summed E-state index contributed by atoms with van der Waals surface area (Å²) in [4.78, 5) is 4.11. The van der Waals surface area contributed by atoms with Crippen molar-refractivity contribution in [3.05, 3.63) is 47.7 Å². The molecule has 1 unspecified atom stereocenters. The quantitative estimate of drug-likeness (QED) is 0.918. The number of hydrogen-bond donors (Lipinski definition) is 1. The zero-order valence-electron chi connectivity index (χ0n) is 10.7. The van der Waals surface area contributed by atoms with E-state index in [4.69, 9.17) is 9.47 Å². The van der Waals surface area contributed by atoms with E-state index in [1.807, 2.05) is 24.3 Å². The molecular formula is C15H15NO3. The fraction of sp³-hybridized carbons (Fsp3) is 0.267. The number of aliphatic hydroxyl groups is 1. The number of hydrogen-bond acceptors (Lipinski definition) is 4. The highest BCUT2D eigenvalue weighted by atomic mass is 16.5. The van der Waals surface area contributed by atoms with Crippen LogP contribution in [0.3, 0.4) is 0 Å². The molecule has 0 spiro atoms. The van der Waals surface area contributed by atoms with Crippen molar-refractivity contribution in [3.8, 4) is 17.4 Å². The van der Waals surface area contributed by atoms with Gasteiger partial charge < -0.3 is 14.6 Å². The molecule has 1 atom stereocenters. The Bertz CT molecular complexity index is 598. The number of ether oxygens (including phenoxy) is 2. The fourth-order valence-electron chi connectivity index (χ4n) is 2.42. The Morgan fingerprint density at radius 2 is 2.05 bits per heavy atom. The first-order valence-electron chi connectivity index (χ1n) is 6.26. The molecule has 1 aliphatic carbocycles. The summed E-state index contributed by atoms with van der Waals surface area (Å²) in [7, 11) is 1.56. The molecule has 19 heavy (non-hydrogen) atoms. The lowest BCUT2D eigenvalue weighted by atomic mass is 10.1. The molecular weight excluding hydrogens is 242 g/mol. The van der Waals surface area contributed by atoms with Crippen LogP contribution in [0.5, 0.6) is 17.4 Å². The smallest absolute Gasteiger partial charge is 0.257 e. The van der Waals surface area contributed by atoms with Gasteiger partial charge in [0.1, 0.15) is 5.75 Å². The van der Waals surface area contributed by atoms with E-state index in [1.165, 1.54) is 0 Å². The molecule has 0 amide bonds. The van der Waals surface area contributed by atoms with Crippen molar-refractivity contribution in [3.63, 3.8) is 0 Å². The van der Waals surface area contributed by atoms with Gasteiger partial charge in [0.2, 0.25) is 0 Å². The molecule has 0 fully saturated rings. The highest BCUT2D eigenvalue weighted by Crippen LogP contribution is 2.39. The van der Waals surface area contributed by atoms with Crippen LogP contribution >= 0.6 is 0 Å². The molecule has 1 aliphatic rings. The van der Waals surface area contributed by atoms with Crippen LogP contribution in [0, 0.1) is 0 Å². The third-order valence-corrected chi connectivity index (χ3v) is 3.35. The molecule has 4 heteroatoms. The minimum Gasteiger partial charge on any atom is -0.478 e. The van der Waals surface area contributed by atoms with Crippen LogP contribution in [-0.2, 0) is 6.42 Å². The normalized spacial score (nSPS) is 17.1. The summed E-state index contributed by atoms with van der Waals surface area (Å²) >= 11 is 0. The van der Waals surface area contributed by atoms with Gasteiger partial charge in [0.15, 0.2) is 5.75 Å². The molecule has 0 bridgehead atoms. The fourth-order valence-corrected chi connectivity index (χ4v) is 2.42. The summed E-state index contributed by atoms with van der Waals surface area (Å²) in [5.74, 6) is 1.80. The lowest BCUT2D eigenvalue weighted by molar-refractivity contribution is 0.180. The summed E-state index contributed by atoms with van der Waals surface area (Å²) in [6.45, 7) is 0. The molecule has 0 radical (unpaired) electrons. The van der Waals surface area contributed by atoms with Gasteiger partial charge >= 0.3 is 0 Å². The van der Waals surface area contributed by atoms with E-state index < -0.39 is 0 Å². The van der Waals surface area contributed by atoms with Gasteiger partial charge in [-0.2, -0.15) is 0 Å². The molecule has 1 aromatic heterocycles. The first kappa shape index (κ1) is 12.0. The molecule has 0 aliphatic heterocycles. The standard InChI is InChI=1S/C15H15NO3/c1-18-15-14(6-3-9-16-15)19-13-5-2-4-10-11(13)7-8-12(10)17/h2-6,9,12,17H,7-8H2,1H3. The Labute approximate surface area is 111 Å². The Kier molecular flexibility index (Phi) is 3.09. The second-order valence-corrected chi connectivity index (χ2v) is 4.49. The number of pyridine rings is 1.